The van der Waals surface area contributed by atoms with Crippen molar-refractivity contribution in [3.05, 3.63) is 53.1 Å². The van der Waals surface area contributed by atoms with Crippen LogP contribution in [-0.4, -0.2) is 44.0 Å². The third-order valence-electron chi connectivity index (χ3n) is 6.09. The Balaban J connectivity index is 1.87. The molecule has 0 spiro atoms. The number of H-pyrrole nitrogens is 1. The molecule has 9 heteroatoms. The highest BCUT2D eigenvalue weighted by atomic mass is 19.1. The van der Waals surface area contributed by atoms with Crippen molar-refractivity contribution in [1.29, 1.82) is 0 Å². The lowest BCUT2D eigenvalue weighted by Gasteiger charge is -2.26. The van der Waals surface area contributed by atoms with Gasteiger partial charge >= 0.3 is 5.97 Å². The van der Waals surface area contributed by atoms with Crippen LogP contribution in [0.4, 0.5) is 8.78 Å². The summed E-state index contributed by atoms with van der Waals surface area (Å²) in [5.41, 5.74) is 3.60. The number of rotatable bonds is 5. The minimum absolute atomic E-state index is 0.0539. The molecule has 7 nitrogen and oxygen atoms in total. The van der Waals surface area contributed by atoms with Gasteiger partial charge in [-0.05, 0) is 49.6 Å². The van der Waals surface area contributed by atoms with Gasteiger partial charge in [0.2, 0.25) is 0 Å². The van der Waals surface area contributed by atoms with Gasteiger partial charge in [-0.25, -0.2) is 13.8 Å². The van der Waals surface area contributed by atoms with Gasteiger partial charge in [0.05, 0.1) is 23.7 Å². The Hall–Kier alpha value is -3.33. The van der Waals surface area contributed by atoms with E-state index in [0.717, 1.165) is 5.39 Å². The van der Waals surface area contributed by atoms with E-state index in [1.807, 2.05) is 10.6 Å². The Morgan fingerprint density at radius 3 is 2.84 bits per heavy atom. The zero-order valence-electron chi connectivity index (χ0n) is 17.4. The largest absolute Gasteiger partial charge is 0.481 e. The molecular formula is C23H22F2N4O3. The third kappa shape index (κ3) is 3.42. The van der Waals surface area contributed by atoms with E-state index in [-0.39, 0.29) is 17.3 Å². The molecule has 1 aliphatic heterocycles. The summed E-state index contributed by atoms with van der Waals surface area (Å²) in [5.74, 6) is -1.61. The van der Waals surface area contributed by atoms with Gasteiger partial charge in [-0.15, -0.1) is 0 Å². The van der Waals surface area contributed by atoms with Crippen molar-refractivity contribution >= 4 is 28.0 Å². The van der Waals surface area contributed by atoms with Gasteiger partial charge in [-0.2, -0.15) is 5.10 Å². The van der Waals surface area contributed by atoms with Gasteiger partial charge in [0, 0.05) is 41.5 Å². The Morgan fingerprint density at radius 2 is 2.12 bits per heavy atom. The average molecular weight is 440 g/mol. The second-order valence-electron chi connectivity index (χ2n) is 8.18. The number of carbonyl (C=O) groups is 1. The number of carboxylic acid groups (broad SMARTS) is 1. The Kier molecular flexibility index (Phi) is 5.13. The van der Waals surface area contributed by atoms with Crippen molar-refractivity contribution in [3.8, 4) is 5.69 Å². The number of aryl methyl sites for hydroxylation is 1. The fraction of sp³-hybridized carbons (Fsp3) is 0.348. The predicted molar refractivity (Wildman–Crippen MR) is 114 cm³/mol. The molecule has 1 atom stereocenters. The Labute approximate surface area is 182 Å². The smallest absolute Gasteiger partial charge is 0.306 e. The van der Waals surface area contributed by atoms with E-state index in [1.165, 1.54) is 6.07 Å². The maximum absolute atomic E-state index is 15.6. The Morgan fingerprint density at radius 1 is 1.34 bits per heavy atom. The molecule has 1 saturated heterocycles. The topological polar surface area (TPSA) is 93.0 Å². The van der Waals surface area contributed by atoms with Crippen LogP contribution >= 0.6 is 0 Å². The number of hydrogen-bond donors (Lipinski definition) is 2. The van der Waals surface area contributed by atoms with Crippen LogP contribution in [-0.2, 0) is 9.53 Å². The van der Waals surface area contributed by atoms with Crippen molar-refractivity contribution in [2.45, 2.75) is 38.3 Å². The van der Waals surface area contributed by atoms with Gasteiger partial charge in [-0.3, -0.25) is 9.89 Å². The predicted octanol–water partition coefficient (Wildman–Crippen LogP) is 4.73. The second kappa shape index (κ2) is 7.98. The summed E-state index contributed by atoms with van der Waals surface area (Å²) >= 11 is 0. The van der Waals surface area contributed by atoms with Gasteiger partial charge in [-0.1, -0.05) is 0 Å². The van der Waals surface area contributed by atoms with Crippen LogP contribution < -0.4 is 0 Å². The van der Waals surface area contributed by atoms with E-state index in [4.69, 9.17) is 4.74 Å². The number of pyridine rings is 1. The monoisotopic (exact) mass is 440 g/mol. The molecule has 0 aliphatic carbocycles. The first kappa shape index (κ1) is 20.6. The quantitative estimate of drug-likeness (QED) is 0.468. The van der Waals surface area contributed by atoms with E-state index in [2.05, 4.69) is 15.2 Å². The summed E-state index contributed by atoms with van der Waals surface area (Å²) in [7, 11) is 0. The number of aromatic nitrogens is 4. The van der Waals surface area contributed by atoms with Crippen molar-refractivity contribution in [2.24, 2.45) is 0 Å². The summed E-state index contributed by atoms with van der Waals surface area (Å²) < 4.78 is 37.0. The molecule has 1 aliphatic rings. The molecule has 1 fully saturated rings. The van der Waals surface area contributed by atoms with Crippen molar-refractivity contribution in [1.82, 2.24) is 19.7 Å². The molecule has 2 N–H and O–H groups in total. The number of fused-ring (bicyclic) bond motifs is 2. The lowest BCUT2D eigenvalue weighted by Crippen LogP contribution is -2.19. The highest BCUT2D eigenvalue weighted by Crippen LogP contribution is 2.43. The van der Waals surface area contributed by atoms with Crippen LogP contribution in [0.25, 0.3) is 27.8 Å². The fourth-order valence-corrected chi connectivity index (χ4v) is 4.59. The number of carboxylic acids is 1. The van der Waals surface area contributed by atoms with Crippen molar-refractivity contribution in [2.75, 3.05) is 13.2 Å². The normalized spacial score (nSPS) is 16.1. The summed E-state index contributed by atoms with van der Waals surface area (Å²) in [4.78, 5) is 16.0. The van der Waals surface area contributed by atoms with Crippen LogP contribution in [0.1, 0.15) is 48.2 Å². The van der Waals surface area contributed by atoms with Gasteiger partial charge in [0.25, 0.3) is 0 Å². The molecule has 166 valence electrons. The van der Waals surface area contributed by atoms with E-state index < -0.39 is 18.6 Å². The number of benzene rings is 1. The zero-order chi connectivity index (χ0) is 22.4. The number of alkyl halides is 1. The first-order valence-corrected chi connectivity index (χ1v) is 10.5. The van der Waals surface area contributed by atoms with Crippen LogP contribution in [0.2, 0.25) is 0 Å². The molecule has 0 unspecified atom stereocenters. The standard InChI is InChI=1S/C23H22F2N4O3/c1-12-8-15(2-3-16(12)24)29-18-9-14-11-26-28-23(14)27-21(18)20(17(25)10-19(30)31)22(29)13-4-6-32-7-5-13/h2-3,8-9,11,13,17H,4-7,10H2,1H3,(H,30,31)(H,26,27,28)/t17-/m1/s1. The summed E-state index contributed by atoms with van der Waals surface area (Å²) in [6.07, 6.45) is 0.558. The first-order chi connectivity index (χ1) is 15.4. The summed E-state index contributed by atoms with van der Waals surface area (Å²) in [6.45, 7) is 2.73. The Bertz CT molecular complexity index is 1320. The molecule has 4 heterocycles. The SMILES string of the molecule is Cc1cc(-n2c(C3CCOCC3)c([C@H](F)CC(=O)O)c3nc4[nH]ncc4cc32)ccc1F. The highest BCUT2D eigenvalue weighted by molar-refractivity contribution is 5.94. The maximum Gasteiger partial charge on any atom is 0.306 e. The van der Waals surface area contributed by atoms with E-state index in [0.29, 0.717) is 59.7 Å². The molecular weight excluding hydrogens is 418 g/mol. The highest BCUT2D eigenvalue weighted by Gasteiger charge is 2.33. The van der Waals surface area contributed by atoms with Crippen LogP contribution in [0, 0.1) is 12.7 Å². The van der Waals surface area contributed by atoms with E-state index >= 15 is 4.39 Å². The molecule has 4 aromatic rings. The summed E-state index contributed by atoms with van der Waals surface area (Å²) in [5, 5.41) is 16.9. The fourth-order valence-electron chi connectivity index (χ4n) is 4.59. The second-order valence-corrected chi connectivity index (χ2v) is 8.18. The maximum atomic E-state index is 15.6. The van der Waals surface area contributed by atoms with E-state index in [1.54, 1.807) is 25.3 Å². The van der Waals surface area contributed by atoms with Crippen LogP contribution in [0.15, 0.2) is 30.5 Å². The number of nitrogens with one attached hydrogen (secondary N) is 1. The molecule has 0 amide bonds. The molecule has 32 heavy (non-hydrogen) atoms. The molecule has 0 bridgehead atoms. The number of aliphatic carboxylic acids is 1. The van der Waals surface area contributed by atoms with Crippen molar-refractivity contribution in [3.63, 3.8) is 0 Å². The van der Waals surface area contributed by atoms with Crippen LogP contribution in [0.5, 0.6) is 0 Å². The molecule has 0 radical (unpaired) electrons. The molecule has 1 aromatic carbocycles. The number of ether oxygens (including phenoxy) is 1. The minimum Gasteiger partial charge on any atom is -0.481 e. The molecule has 5 rings (SSSR count). The summed E-state index contributed by atoms with van der Waals surface area (Å²) in [6, 6.07) is 6.61. The number of halogens is 2. The van der Waals surface area contributed by atoms with Gasteiger partial charge in [0.15, 0.2) is 5.65 Å². The van der Waals surface area contributed by atoms with E-state index in [9.17, 15) is 14.3 Å². The average Bonchev–Trinajstić information content (AvgIpc) is 3.36. The zero-order valence-corrected chi connectivity index (χ0v) is 17.4. The minimum atomic E-state index is -1.75. The molecule has 0 saturated carbocycles. The van der Waals surface area contributed by atoms with Crippen molar-refractivity contribution < 1.29 is 23.4 Å². The lowest BCUT2D eigenvalue weighted by molar-refractivity contribution is -0.138. The lowest BCUT2D eigenvalue weighted by atomic mass is 9.91. The number of nitrogens with zero attached hydrogens (tertiary/aromatic N) is 3. The third-order valence-corrected chi connectivity index (χ3v) is 6.09. The van der Waals surface area contributed by atoms with Gasteiger partial charge < -0.3 is 14.4 Å². The molecule has 3 aromatic heterocycles. The van der Waals surface area contributed by atoms with Gasteiger partial charge in [0.1, 0.15) is 12.0 Å². The number of aromatic amines is 1. The van der Waals surface area contributed by atoms with Crippen LogP contribution in [0.3, 0.4) is 0 Å². The number of hydrogen-bond acceptors (Lipinski definition) is 4. The first-order valence-electron chi connectivity index (χ1n) is 10.5.